The molecule has 0 aliphatic heterocycles. The molecule has 0 aliphatic rings. The van der Waals surface area contributed by atoms with Crippen molar-refractivity contribution in [2.24, 2.45) is 0 Å². The molecule has 2 nitrogen and oxygen atoms in total. The highest BCUT2D eigenvalue weighted by Crippen LogP contribution is 2.13. The molecule has 0 saturated carbocycles. The Morgan fingerprint density at radius 1 is 1.55 bits per heavy atom. The molecule has 3 heteroatoms. The molecule has 0 rings (SSSR count). The first-order valence-corrected chi connectivity index (χ1v) is 5.23. The lowest BCUT2D eigenvalue weighted by atomic mass is 10.3. The molecular weight excluding hydrogens is 158 g/mol. The molecule has 0 bridgehead atoms. The van der Waals surface area contributed by atoms with Gasteiger partial charge in [-0.15, -0.1) is 0 Å². The van der Waals surface area contributed by atoms with Gasteiger partial charge in [-0.05, 0) is 32.2 Å². The van der Waals surface area contributed by atoms with Gasteiger partial charge in [0.2, 0.25) is 0 Å². The highest BCUT2D eigenvalue weighted by Gasteiger charge is 1.99. The molecule has 1 unspecified atom stereocenters. The topological polar surface area (TPSA) is 32.3 Å². The molecule has 0 spiro atoms. The van der Waals surface area contributed by atoms with Crippen LogP contribution in [-0.2, 0) is 0 Å². The minimum absolute atomic E-state index is 0.320. The average Bonchev–Trinajstić information content (AvgIpc) is 1.99. The van der Waals surface area contributed by atoms with Crippen LogP contribution in [0.25, 0.3) is 0 Å². The first-order chi connectivity index (χ1) is 5.31. The maximum atomic E-state index is 8.61. The summed E-state index contributed by atoms with van der Waals surface area (Å²) in [5.74, 6) is 1.20. The molecular formula is C8H19NOS. The van der Waals surface area contributed by atoms with E-state index in [0.29, 0.717) is 11.9 Å². The SMILES string of the molecule is CNCCCSC(C)CCO. The van der Waals surface area contributed by atoms with Gasteiger partial charge in [0.05, 0.1) is 0 Å². The zero-order valence-electron chi connectivity index (χ0n) is 7.47. The number of hydrogen-bond donors (Lipinski definition) is 2. The van der Waals surface area contributed by atoms with Gasteiger partial charge in [0.1, 0.15) is 0 Å². The number of thioether (sulfide) groups is 1. The molecule has 0 saturated heterocycles. The molecule has 2 N–H and O–H groups in total. The van der Waals surface area contributed by atoms with E-state index in [-0.39, 0.29) is 0 Å². The number of rotatable bonds is 7. The Balaban J connectivity index is 2.97. The third kappa shape index (κ3) is 8.17. The number of nitrogens with one attached hydrogen (secondary N) is 1. The van der Waals surface area contributed by atoms with Crippen molar-refractivity contribution in [1.29, 1.82) is 0 Å². The second-order valence-corrected chi connectivity index (χ2v) is 4.20. The lowest BCUT2D eigenvalue weighted by Gasteiger charge is -2.08. The maximum Gasteiger partial charge on any atom is 0.0441 e. The number of hydrogen-bond acceptors (Lipinski definition) is 3. The monoisotopic (exact) mass is 177 g/mol. The number of aliphatic hydroxyl groups excluding tert-OH is 1. The maximum absolute atomic E-state index is 8.61. The predicted octanol–water partition coefficient (Wildman–Crippen LogP) is 1.10. The van der Waals surface area contributed by atoms with Crippen molar-refractivity contribution in [2.75, 3.05) is 26.0 Å². The summed E-state index contributed by atoms with van der Waals surface area (Å²) in [7, 11) is 1.97. The van der Waals surface area contributed by atoms with E-state index in [1.807, 2.05) is 18.8 Å². The molecule has 1 atom stereocenters. The van der Waals surface area contributed by atoms with Crippen LogP contribution < -0.4 is 5.32 Å². The highest BCUT2D eigenvalue weighted by atomic mass is 32.2. The average molecular weight is 177 g/mol. The van der Waals surface area contributed by atoms with E-state index in [1.165, 1.54) is 12.2 Å². The van der Waals surface area contributed by atoms with Crippen molar-refractivity contribution < 1.29 is 5.11 Å². The molecule has 0 radical (unpaired) electrons. The van der Waals surface area contributed by atoms with Gasteiger partial charge in [0.25, 0.3) is 0 Å². The van der Waals surface area contributed by atoms with E-state index in [2.05, 4.69) is 12.2 Å². The van der Waals surface area contributed by atoms with Crippen LogP contribution in [0.2, 0.25) is 0 Å². The van der Waals surface area contributed by atoms with Gasteiger partial charge in [-0.2, -0.15) is 11.8 Å². The van der Waals surface area contributed by atoms with E-state index in [4.69, 9.17) is 5.11 Å². The molecule has 0 amide bonds. The molecule has 0 fully saturated rings. The van der Waals surface area contributed by atoms with Crippen molar-refractivity contribution in [3.05, 3.63) is 0 Å². The zero-order valence-corrected chi connectivity index (χ0v) is 8.28. The number of aliphatic hydroxyl groups is 1. The van der Waals surface area contributed by atoms with E-state index < -0.39 is 0 Å². The van der Waals surface area contributed by atoms with Gasteiger partial charge in [-0.3, -0.25) is 0 Å². The third-order valence-corrected chi connectivity index (χ3v) is 2.84. The summed E-state index contributed by atoms with van der Waals surface area (Å²) in [4.78, 5) is 0. The van der Waals surface area contributed by atoms with E-state index in [1.54, 1.807) is 0 Å². The highest BCUT2D eigenvalue weighted by molar-refractivity contribution is 7.99. The first kappa shape index (κ1) is 11.3. The summed E-state index contributed by atoms with van der Waals surface area (Å²) < 4.78 is 0. The molecule has 0 aromatic heterocycles. The summed E-state index contributed by atoms with van der Waals surface area (Å²) in [6.45, 7) is 3.58. The van der Waals surface area contributed by atoms with E-state index in [0.717, 1.165) is 13.0 Å². The molecule has 0 heterocycles. The Kier molecular flexibility index (Phi) is 8.57. The summed E-state index contributed by atoms with van der Waals surface area (Å²) in [5.41, 5.74) is 0. The molecule has 0 aromatic carbocycles. The van der Waals surface area contributed by atoms with Crippen LogP contribution in [0, 0.1) is 0 Å². The lowest BCUT2D eigenvalue weighted by Crippen LogP contribution is -2.09. The van der Waals surface area contributed by atoms with Crippen molar-refractivity contribution >= 4 is 11.8 Å². The van der Waals surface area contributed by atoms with Crippen LogP contribution in [-0.4, -0.2) is 36.3 Å². The van der Waals surface area contributed by atoms with Crippen molar-refractivity contribution in [2.45, 2.75) is 25.0 Å². The Bertz CT molecular complexity index is 80.5. The third-order valence-electron chi connectivity index (χ3n) is 1.51. The van der Waals surface area contributed by atoms with Gasteiger partial charge in [-0.1, -0.05) is 6.92 Å². The van der Waals surface area contributed by atoms with Crippen LogP contribution in [0.15, 0.2) is 0 Å². The van der Waals surface area contributed by atoms with Gasteiger partial charge in [-0.25, -0.2) is 0 Å². The summed E-state index contributed by atoms with van der Waals surface area (Å²) in [5, 5.41) is 12.3. The Morgan fingerprint density at radius 3 is 2.82 bits per heavy atom. The minimum atomic E-state index is 0.320. The van der Waals surface area contributed by atoms with E-state index >= 15 is 0 Å². The Labute approximate surface area is 73.8 Å². The zero-order chi connectivity index (χ0) is 8.53. The van der Waals surface area contributed by atoms with E-state index in [9.17, 15) is 0 Å². The fourth-order valence-electron chi connectivity index (χ4n) is 0.799. The van der Waals surface area contributed by atoms with Crippen LogP contribution in [0.5, 0.6) is 0 Å². The molecule has 68 valence electrons. The fourth-order valence-corrected chi connectivity index (χ4v) is 1.78. The van der Waals surface area contributed by atoms with Gasteiger partial charge < -0.3 is 10.4 Å². The fraction of sp³-hybridized carbons (Fsp3) is 1.00. The summed E-state index contributed by atoms with van der Waals surface area (Å²) >= 11 is 1.94. The second kappa shape index (κ2) is 8.37. The summed E-state index contributed by atoms with van der Waals surface area (Å²) in [6, 6.07) is 0. The standard InChI is InChI=1S/C8H19NOS/c1-8(4-6-10)11-7-3-5-9-2/h8-10H,3-7H2,1-2H3. The van der Waals surface area contributed by atoms with Crippen molar-refractivity contribution in [1.82, 2.24) is 5.32 Å². The van der Waals surface area contributed by atoms with Gasteiger partial charge >= 0.3 is 0 Å². The van der Waals surface area contributed by atoms with Crippen LogP contribution in [0.4, 0.5) is 0 Å². The van der Waals surface area contributed by atoms with Crippen molar-refractivity contribution in [3.8, 4) is 0 Å². The quantitative estimate of drug-likeness (QED) is 0.571. The van der Waals surface area contributed by atoms with Crippen LogP contribution >= 0.6 is 11.8 Å². The van der Waals surface area contributed by atoms with Crippen LogP contribution in [0.3, 0.4) is 0 Å². The Hall–Kier alpha value is 0.270. The lowest BCUT2D eigenvalue weighted by molar-refractivity contribution is 0.289. The first-order valence-electron chi connectivity index (χ1n) is 4.18. The predicted molar refractivity (Wildman–Crippen MR) is 52.2 cm³/mol. The van der Waals surface area contributed by atoms with Crippen molar-refractivity contribution in [3.63, 3.8) is 0 Å². The second-order valence-electron chi connectivity index (χ2n) is 2.65. The normalized spacial score (nSPS) is 13.4. The largest absolute Gasteiger partial charge is 0.396 e. The molecule has 0 aromatic rings. The van der Waals surface area contributed by atoms with Gasteiger partial charge in [0.15, 0.2) is 0 Å². The van der Waals surface area contributed by atoms with Gasteiger partial charge in [0, 0.05) is 11.9 Å². The summed E-state index contributed by atoms with van der Waals surface area (Å²) in [6.07, 6.45) is 2.14. The molecule has 11 heavy (non-hydrogen) atoms. The molecule has 0 aliphatic carbocycles. The Morgan fingerprint density at radius 2 is 2.27 bits per heavy atom. The van der Waals surface area contributed by atoms with Crippen LogP contribution in [0.1, 0.15) is 19.8 Å². The minimum Gasteiger partial charge on any atom is -0.396 e. The smallest absolute Gasteiger partial charge is 0.0441 e.